The van der Waals surface area contributed by atoms with Gasteiger partial charge in [-0.15, -0.1) is 0 Å². The fourth-order valence-corrected chi connectivity index (χ4v) is 5.24. The van der Waals surface area contributed by atoms with Gasteiger partial charge in [0.2, 0.25) is 0 Å². The van der Waals surface area contributed by atoms with Gasteiger partial charge < -0.3 is 5.32 Å². The van der Waals surface area contributed by atoms with Crippen molar-refractivity contribution >= 4 is 27.4 Å². The summed E-state index contributed by atoms with van der Waals surface area (Å²) in [5.41, 5.74) is 2.24. The zero-order valence-corrected chi connectivity index (χ0v) is 20.5. The van der Waals surface area contributed by atoms with E-state index in [2.05, 4.69) is 16.5 Å². The number of carbonyl (C=O) groups excluding carboxylic acids is 1. The number of para-hydroxylation sites is 1. The number of anilines is 2. The molecular formula is C27H25N5O3S. The third kappa shape index (κ3) is 5.62. The molecule has 1 N–H and O–H groups in total. The number of aromatic nitrogens is 2. The Morgan fingerprint density at radius 2 is 1.69 bits per heavy atom. The molecule has 0 unspecified atom stereocenters. The first-order valence-corrected chi connectivity index (χ1v) is 12.8. The van der Waals surface area contributed by atoms with Crippen LogP contribution in [0, 0.1) is 18.3 Å². The van der Waals surface area contributed by atoms with E-state index < -0.39 is 15.9 Å². The molecule has 4 rings (SSSR count). The van der Waals surface area contributed by atoms with Gasteiger partial charge in [-0.1, -0.05) is 54.6 Å². The van der Waals surface area contributed by atoms with Crippen LogP contribution in [0.1, 0.15) is 28.0 Å². The van der Waals surface area contributed by atoms with Gasteiger partial charge in [0.25, 0.3) is 15.9 Å². The first kappa shape index (κ1) is 24.7. The highest BCUT2D eigenvalue weighted by Crippen LogP contribution is 2.26. The van der Waals surface area contributed by atoms with E-state index in [9.17, 15) is 13.2 Å². The number of amides is 1. The number of aryl methyl sites for hydroxylation is 2. The van der Waals surface area contributed by atoms with Crippen molar-refractivity contribution < 1.29 is 13.2 Å². The van der Waals surface area contributed by atoms with Crippen molar-refractivity contribution in [3.63, 3.8) is 0 Å². The predicted octanol–water partition coefficient (Wildman–Crippen LogP) is 4.75. The summed E-state index contributed by atoms with van der Waals surface area (Å²) in [5, 5.41) is 15.9. The molecule has 0 saturated carbocycles. The van der Waals surface area contributed by atoms with E-state index in [-0.39, 0.29) is 23.4 Å². The van der Waals surface area contributed by atoms with E-state index in [1.54, 1.807) is 54.1 Å². The van der Waals surface area contributed by atoms with Crippen molar-refractivity contribution in [3.05, 3.63) is 108 Å². The third-order valence-corrected chi connectivity index (χ3v) is 7.25. The lowest BCUT2D eigenvalue weighted by molar-refractivity contribution is 0.102. The van der Waals surface area contributed by atoms with Gasteiger partial charge in [-0.3, -0.25) is 9.10 Å². The molecular weight excluding hydrogens is 474 g/mol. The fourth-order valence-electron chi connectivity index (χ4n) is 3.74. The lowest BCUT2D eigenvalue weighted by Crippen LogP contribution is -2.30. The predicted molar refractivity (Wildman–Crippen MR) is 138 cm³/mol. The van der Waals surface area contributed by atoms with Crippen molar-refractivity contribution in [2.75, 3.05) is 9.62 Å². The zero-order valence-electron chi connectivity index (χ0n) is 19.7. The van der Waals surface area contributed by atoms with E-state index in [0.717, 1.165) is 5.56 Å². The number of hydrogen-bond acceptors (Lipinski definition) is 5. The van der Waals surface area contributed by atoms with Crippen molar-refractivity contribution in [2.24, 2.45) is 0 Å². The van der Waals surface area contributed by atoms with Gasteiger partial charge >= 0.3 is 0 Å². The van der Waals surface area contributed by atoms with E-state index in [1.165, 1.54) is 16.4 Å². The standard InChI is InChI=1S/C27H25N5O3S/c1-21-18-26(31(30-21)17-9-16-28)29-27(33)23-12-8-15-25(19-23)36(34,35)32(24-13-6-3-7-14-24)20-22-10-4-2-5-11-22/h2-8,10-15,18-19H,9,17,20H2,1H3,(H,29,33). The minimum atomic E-state index is -4.00. The molecule has 0 aliphatic heterocycles. The number of sulfonamides is 1. The molecule has 8 nitrogen and oxygen atoms in total. The average Bonchev–Trinajstić information content (AvgIpc) is 3.25. The first-order valence-electron chi connectivity index (χ1n) is 11.3. The smallest absolute Gasteiger partial charge is 0.264 e. The summed E-state index contributed by atoms with van der Waals surface area (Å²) in [5.74, 6) is -0.0320. The highest BCUT2D eigenvalue weighted by molar-refractivity contribution is 7.92. The Bertz CT molecular complexity index is 1490. The van der Waals surface area contributed by atoms with Crippen molar-refractivity contribution in [1.29, 1.82) is 5.26 Å². The topological polar surface area (TPSA) is 108 Å². The Labute approximate surface area is 210 Å². The monoisotopic (exact) mass is 499 g/mol. The van der Waals surface area contributed by atoms with Gasteiger partial charge in [-0.05, 0) is 42.8 Å². The summed E-state index contributed by atoms with van der Waals surface area (Å²) in [4.78, 5) is 13.0. The third-order valence-electron chi connectivity index (χ3n) is 5.48. The van der Waals surface area contributed by atoms with Crippen molar-refractivity contribution in [3.8, 4) is 6.07 Å². The second kappa shape index (κ2) is 10.9. The van der Waals surface area contributed by atoms with Crippen LogP contribution in [0.15, 0.2) is 95.9 Å². The minimum Gasteiger partial charge on any atom is -0.307 e. The number of nitrogens with one attached hydrogen (secondary N) is 1. The number of nitrogens with zero attached hydrogens (tertiary/aromatic N) is 4. The van der Waals surface area contributed by atoms with Crippen LogP contribution in [0.25, 0.3) is 0 Å². The van der Waals surface area contributed by atoms with E-state index in [0.29, 0.717) is 23.7 Å². The van der Waals surface area contributed by atoms with E-state index in [4.69, 9.17) is 5.26 Å². The van der Waals surface area contributed by atoms with Crippen LogP contribution in [-0.4, -0.2) is 24.1 Å². The molecule has 0 fully saturated rings. The van der Waals surface area contributed by atoms with Crippen LogP contribution in [-0.2, 0) is 23.1 Å². The van der Waals surface area contributed by atoms with Crippen molar-refractivity contribution in [1.82, 2.24) is 9.78 Å². The Hall–Kier alpha value is -4.42. The zero-order chi connectivity index (χ0) is 25.5. The summed E-state index contributed by atoms with van der Waals surface area (Å²) in [6, 6.07) is 27.9. The molecule has 1 amide bonds. The molecule has 1 aromatic heterocycles. The van der Waals surface area contributed by atoms with Gasteiger partial charge in [-0.2, -0.15) is 10.4 Å². The molecule has 0 aliphatic rings. The summed E-state index contributed by atoms with van der Waals surface area (Å²) >= 11 is 0. The molecule has 0 atom stereocenters. The molecule has 0 bridgehead atoms. The molecule has 1 heterocycles. The SMILES string of the molecule is Cc1cc(NC(=O)c2cccc(S(=O)(=O)N(Cc3ccccc3)c3ccccc3)c2)n(CCC#N)n1. The number of benzene rings is 3. The molecule has 36 heavy (non-hydrogen) atoms. The van der Waals surface area contributed by atoms with Crippen LogP contribution in [0.3, 0.4) is 0 Å². The maximum absolute atomic E-state index is 13.8. The maximum atomic E-state index is 13.8. The van der Waals surface area contributed by atoms with Crippen LogP contribution < -0.4 is 9.62 Å². The molecule has 0 radical (unpaired) electrons. The molecule has 4 aromatic rings. The number of nitriles is 1. The summed E-state index contributed by atoms with van der Waals surface area (Å²) in [6.45, 7) is 2.26. The molecule has 0 spiro atoms. The van der Waals surface area contributed by atoms with E-state index in [1.807, 2.05) is 36.4 Å². The van der Waals surface area contributed by atoms with Crippen LogP contribution in [0.4, 0.5) is 11.5 Å². The van der Waals surface area contributed by atoms with Crippen LogP contribution in [0.5, 0.6) is 0 Å². The normalized spacial score (nSPS) is 11.0. The summed E-state index contributed by atoms with van der Waals surface area (Å²) in [7, 11) is -4.00. The lowest BCUT2D eigenvalue weighted by Gasteiger charge is -2.25. The Kier molecular flexibility index (Phi) is 7.47. The van der Waals surface area contributed by atoms with Crippen LogP contribution >= 0.6 is 0 Å². The maximum Gasteiger partial charge on any atom is 0.264 e. The molecule has 0 saturated heterocycles. The Morgan fingerprint density at radius 3 is 2.39 bits per heavy atom. The molecule has 9 heteroatoms. The second-order valence-corrected chi connectivity index (χ2v) is 9.98. The largest absolute Gasteiger partial charge is 0.307 e. The second-order valence-electron chi connectivity index (χ2n) is 8.12. The Morgan fingerprint density at radius 1 is 1.00 bits per heavy atom. The van der Waals surface area contributed by atoms with Crippen LogP contribution in [0.2, 0.25) is 0 Å². The van der Waals surface area contributed by atoms with Gasteiger partial charge in [0, 0.05) is 11.6 Å². The number of hydrogen-bond donors (Lipinski definition) is 1. The number of rotatable bonds is 9. The molecule has 0 aliphatic carbocycles. The first-order chi connectivity index (χ1) is 17.4. The molecule has 3 aromatic carbocycles. The van der Waals surface area contributed by atoms with Gasteiger partial charge in [0.05, 0.1) is 41.9 Å². The molecule has 182 valence electrons. The van der Waals surface area contributed by atoms with Gasteiger partial charge in [-0.25, -0.2) is 13.1 Å². The lowest BCUT2D eigenvalue weighted by atomic mass is 10.2. The quantitative estimate of drug-likeness (QED) is 0.357. The minimum absolute atomic E-state index is 0.00380. The summed E-state index contributed by atoms with van der Waals surface area (Å²) in [6.07, 6.45) is 0.244. The van der Waals surface area contributed by atoms with E-state index >= 15 is 0 Å². The Balaban J connectivity index is 1.64. The number of carbonyl (C=O) groups is 1. The summed E-state index contributed by atoms with van der Waals surface area (Å²) < 4.78 is 30.5. The fraction of sp³-hybridized carbons (Fsp3) is 0.148. The van der Waals surface area contributed by atoms with Gasteiger partial charge in [0.1, 0.15) is 5.82 Å². The van der Waals surface area contributed by atoms with Crippen molar-refractivity contribution in [2.45, 2.75) is 31.3 Å². The highest BCUT2D eigenvalue weighted by Gasteiger charge is 2.26. The average molecular weight is 500 g/mol. The highest BCUT2D eigenvalue weighted by atomic mass is 32.2. The van der Waals surface area contributed by atoms with Gasteiger partial charge in [0.15, 0.2) is 0 Å².